The van der Waals surface area contributed by atoms with Crippen molar-refractivity contribution in [1.29, 1.82) is 0 Å². The van der Waals surface area contributed by atoms with Crippen LogP contribution >= 0.6 is 0 Å². The molecule has 186 valence electrons. The van der Waals surface area contributed by atoms with Crippen molar-refractivity contribution in [3.63, 3.8) is 0 Å². The minimum absolute atomic E-state index is 0.0172. The Labute approximate surface area is 192 Å². The standard InChI is InChI=1S/C27H45F3O2/c1-17(10-12-23(2,3)31)20-8-9-21-19-7-6-18-16-26(32,27(28,29)30)15-14-24(18,4)22(19)11-13-25(20,21)5/h17-22,31-32H,6-16H2,1-5H3/t17-,18-,19-,20-,21-,22-,24-,25+,26-/m0/s1. The van der Waals surface area contributed by atoms with Crippen molar-refractivity contribution in [1.82, 2.24) is 0 Å². The second-order valence-corrected chi connectivity index (χ2v) is 13.4. The van der Waals surface area contributed by atoms with Gasteiger partial charge in [-0.15, -0.1) is 0 Å². The van der Waals surface area contributed by atoms with Crippen LogP contribution in [0.15, 0.2) is 0 Å². The zero-order valence-corrected chi connectivity index (χ0v) is 20.8. The Hall–Kier alpha value is -0.290. The van der Waals surface area contributed by atoms with Gasteiger partial charge < -0.3 is 10.2 Å². The molecule has 0 heterocycles. The van der Waals surface area contributed by atoms with E-state index in [9.17, 15) is 23.4 Å². The lowest BCUT2D eigenvalue weighted by molar-refractivity contribution is -0.290. The largest absolute Gasteiger partial charge is 0.417 e. The van der Waals surface area contributed by atoms with E-state index in [0.717, 1.165) is 32.1 Å². The summed E-state index contributed by atoms with van der Waals surface area (Å²) in [7, 11) is 0. The summed E-state index contributed by atoms with van der Waals surface area (Å²) in [5.74, 6) is 3.06. The summed E-state index contributed by atoms with van der Waals surface area (Å²) in [5, 5.41) is 20.6. The highest BCUT2D eigenvalue weighted by Crippen LogP contribution is 2.69. The van der Waals surface area contributed by atoms with Crippen LogP contribution in [0, 0.1) is 46.3 Å². The van der Waals surface area contributed by atoms with Gasteiger partial charge in [0.2, 0.25) is 0 Å². The molecule has 0 saturated heterocycles. The minimum atomic E-state index is -4.52. The Bertz CT molecular complexity index is 700. The fourth-order valence-electron chi connectivity index (χ4n) is 9.26. The molecule has 4 fully saturated rings. The number of fused-ring (bicyclic) bond motifs is 5. The lowest BCUT2D eigenvalue weighted by Crippen LogP contribution is -2.59. The van der Waals surface area contributed by atoms with Crippen LogP contribution in [0.5, 0.6) is 0 Å². The maximum Gasteiger partial charge on any atom is 0.417 e. The second kappa shape index (κ2) is 7.86. The van der Waals surface area contributed by atoms with Crippen LogP contribution in [0.3, 0.4) is 0 Å². The maximum atomic E-state index is 13.6. The number of hydrogen-bond acceptors (Lipinski definition) is 2. The molecule has 4 saturated carbocycles. The van der Waals surface area contributed by atoms with Gasteiger partial charge in [-0.25, -0.2) is 0 Å². The van der Waals surface area contributed by atoms with Crippen molar-refractivity contribution in [3.8, 4) is 0 Å². The van der Waals surface area contributed by atoms with Crippen LogP contribution in [0.25, 0.3) is 0 Å². The SMILES string of the molecule is C[C@@H](CCC(C)(C)O)[C@@H]1CC[C@H]2[C@@H]3CC[C@H]4C[C@](O)(C(F)(F)F)CC[C@]4(C)[C@H]3CC[C@@]21C. The van der Waals surface area contributed by atoms with E-state index in [1.165, 1.54) is 19.3 Å². The highest BCUT2D eigenvalue weighted by Gasteiger charge is 2.65. The summed E-state index contributed by atoms with van der Waals surface area (Å²) in [6.07, 6.45) is 4.32. The molecule has 0 radical (unpaired) electrons. The summed E-state index contributed by atoms with van der Waals surface area (Å²) in [6.45, 7) is 10.9. The van der Waals surface area contributed by atoms with Crippen molar-refractivity contribution in [2.75, 3.05) is 0 Å². The average molecular weight is 459 g/mol. The second-order valence-electron chi connectivity index (χ2n) is 13.4. The molecule has 0 spiro atoms. The third-order valence-electron chi connectivity index (χ3n) is 11.2. The number of hydrogen-bond donors (Lipinski definition) is 2. The molecule has 0 aromatic carbocycles. The van der Waals surface area contributed by atoms with E-state index in [-0.39, 0.29) is 24.2 Å². The molecule has 4 aliphatic carbocycles. The average Bonchev–Trinajstić information content (AvgIpc) is 3.02. The highest BCUT2D eigenvalue weighted by molar-refractivity contribution is 5.11. The smallest absolute Gasteiger partial charge is 0.390 e. The maximum absolute atomic E-state index is 13.6. The third-order valence-corrected chi connectivity index (χ3v) is 11.2. The fraction of sp³-hybridized carbons (Fsp3) is 1.00. The molecule has 4 aliphatic rings. The Kier molecular flexibility index (Phi) is 6.10. The van der Waals surface area contributed by atoms with Crippen LogP contribution in [0.4, 0.5) is 13.2 Å². The van der Waals surface area contributed by atoms with Gasteiger partial charge in [0.25, 0.3) is 0 Å². The van der Waals surface area contributed by atoms with E-state index in [2.05, 4.69) is 20.8 Å². The van der Waals surface area contributed by atoms with Crippen LogP contribution < -0.4 is 0 Å². The Morgan fingerprint density at radius 2 is 1.56 bits per heavy atom. The molecule has 2 N–H and O–H groups in total. The zero-order valence-electron chi connectivity index (χ0n) is 20.8. The van der Waals surface area contributed by atoms with E-state index in [1.807, 2.05) is 13.8 Å². The van der Waals surface area contributed by atoms with Gasteiger partial charge in [-0.1, -0.05) is 20.8 Å². The van der Waals surface area contributed by atoms with Gasteiger partial charge in [0.05, 0.1) is 5.60 Å². The topological polar surface area (TPSA) is 40.5 Å². The molecule has 5 heteroatoms. The summed E-state index contributed by atoms with van der Waals surface area (Å²) in [4.78, 5) is 0. The first-order valence-corrected chi connectivity index (χ1v) is 13.1. The molecule has 32 heavy (non-hydrogen) atoms. The molecule has 0 amide bonds. The van der Waals surface area contributed by atoms with E-state index < -0.39 is 17.4 Å². The minimum Gasteiger partial charge on any atom is -0.390 e. The van der Waals surface area contributed by atoms with E-state index in [4.69, 9.17) is 0 Å². The van der Waals surface area contributed by atoms with Crippen LogP contribution in [0.2, 0.25) is 0 Å². The third kappa shape index (κ3) is 3.95. The van der Waals surface area contributed by atoms with E-state index in [1.54, 1.807) is 0 Å². The lowest BCUT2D eigenvalue weighted by atomic mass is 9.43. The number of halogens is 3. The summed E-state index contributed by atoms with van der Waals surface area (Å²) in [6, 6.07) is 0. The van der Waals surface area contributed by atoms with E-state index in [0.29, 0.717) is 41.4 Å². The Morgan fingerprint density at radius 1 is 0.906 bits per heavy atom. The first-order chi connectivity index (χ1) is 14.6. The van der Waals surface area contributed by atoms with Crippen LogP contribution in [-0.4, -0.2) is 27.6 Å². The molecule has 2 nitrogen and oxygen atoms in total. The predicted octanol–water partition coefficient (Wildman–Crippen LogP) is 7.13. The molecule has 0 aromatic heterocycles. The molecule has 0 aromatic rings. The van der Waals surface area contributed by atoms with Gasteiger partial charge in [0, 0.05) is 0 Å². The summed E-state index contributed by atoms with van der Waals surface area (Å²) >= 11 is 0. The van der Waals surface area contributed by atoms with Crippen molar-refractivity contribution >= 4 is 0 Å². The molecule has 0 aliphatic heterocycles. The van der Waals surface area contributed by atoms with Gasteiger partial charge in [-0.2, -0.15) is 13.2 Å². The molecule has 0 unspecified atom stereocenters. The molecule has 0 bridgehead atoms. The predicted molar refractivity (Wildman–Crippen MR) is 121 cm³/mol. The molecule has 4 rings (SSSR count). The van der Waals surface area contributed by atoms with Crippen molar-refractivity contribution in [2.24, 2.45) is 46.3 Å². The number of alkyl halides is 3. The molecule has 9 atom stereocenters. The van der Waals surface area contributed by atoms with Crippen LogP contribution in [0.1, 0.15) is 105 Å². The first-order valence-electron chi connectivity index (χ1n) is 13.1. The van der Waals surface area contributed by atoms with Gasteiger partial charge in [0.15, 0.2) is 5.60 Å². The van der Waals surface area contributed by atoms with Crippen LogP contribution in [-0.2, 0) is 0 Å². The van der Waals surface area contributed by atoms with Crippen molar-refractivity contribution < 1.29 is 23.4 Å². The van der Waals surface area contributed by atoms with Gasteiger partial charge >= 0.3 is 6.18 Å². The lowest BCUT2D eigenvalue weighted by Gasteiger charge is -2.62. The molecular formula is C27H45F3O2. The summed E-state index contributed by atoms with van der Waals surface area (Å²) < 4.78 is 40.7. The van der Waals surface area contributed by atoms with Gasteiger partial charge in [-0.3, -0.25) is 0 Å². The Balaban J connectivity index is 1.49. The normalized spacial score (nSPS) is 48.0. The van der Waals surface area contributed by atoms with Crippen molar-refractivity contribution in [2.45, 2.75) is 123 Å². The van der Waals surface area contributed by atoms with Gasteiger partial charge in [0.1, 0.15) is 0 Å². The quantitative estimate of drug-likeness (QED) is 0.471. The van der Waals surface area contributed by atoms with Crippen molar-refractivity contribution in [3.05, 3.63) is 0 Å². The first kappa shape index (κ1) is 24.8. The summed E-state index contributed by atoms with van der Waals surface area (Å²) in [5.41, 5.74) is -2.84. The fourth-order valence-corrected chi connectivity index (χ4v) is 9.26. The Morgan fingerprint density at radius 3 is 2.19 bits per heavy atom. The van der Waals surface area contributed by atoms with Gasteiger partial charge in [-0.05, 0) is 131 Å². The monoisotopic (exact) mass is 458 g/mol. The number of aliphatic hydroxyl groups is 2. The van der Waals surface area contributed by atoms with E-state index >= 15 is 0 Å². The highest BCUT2D eigenvalue weighted by atomic mass is 19.4. The zero-order chi connectivity index (χ0) is 23.7. The number of rotatable bonds is 4. The molecular weight excluding hydrogens is 413 g/mol.